The first-order chi connectivity index (χ1) is 9.20. The average Bonchev–Trinajstić information content (AvgIpc) is 2.66. The first-order valence-corrected chi connectivity index (χ1v) is 8.78. The van der Waals surface area contributed by atoms with E-state index in [1.54, 1.807) is 6.07 Å². The Morgan fingerprint density at radius 3 is 2.30 bits per heavy atom. The summed E-state index contributed by atoms with van der Waals surface area (Å²) in [6.45, 7) is 1.92. The van der Waals surface area contributed by atoms with Gasteiger partial charge in [-0.25, -0.2) is 0 Å². The summed E-state index contributed by atoms with van der Waals surface area (Å²) in [5, 5.41) is 0. The average molecular weight is 493 g/mol. The Morgan fingerprint density at radius 2 is 1.80 bits per heavy atom. The topological polar surface area (TPSA) is 0 Å². The molecule has 0 aliphatic heterocycles. The number of aryl methyl sites for hydroxylation is 1. The molecule has 1 aromatic carbocycles. The normalized spacial score (nSPS) is 13.6. The molecule has 7 heteroatoms. The van der Waals surface area contributed by atoms with E-state index in [1.165, 1.54) is 17.4 Å². The number of halogens is 6. The maximum absolute atomic E-state index is 13.2. The van der Waals surface area contributed by atoms with Crippen molar-refractivity contribution in [1.29, 1.82) is 0 Å². The second-order valence-electron chi connectivity index (χ2n) is 4.16. The summed E-state index contributed by atoms with van der Waals surface area (Å²) in [6, 6.07) is 6.12. The van der Waals surface area contributed by atoms with Crippen LogP contribution in [0, 0.1) is 6.92 Å². The van der Waals surface area contributed by atoms with Crippen molar-refractivity contribution in [2.75, 3.05) is 0 Å². The summed E-state index contributed by atoms with van der Waals surface area (Å²) in [4.78, 5) is 1.37. The fraction of sp³-hybridized carbons (Fsp3) is 0.231. The minimum atomic E-state index is -4.39. The van der Waals surface area contributed by atoms with Gasteiger partial charge in [0.25, 0.3) is 0 Å². The number of alkyl halides is 4. The summed E-state index contributed by atoms with van der Waals surface area (Å²) < 4.78 is 40.7. The van der Waals surface area contributed by atoms with Gasteiger partial charge in [-0.05, 0) is 46.6 Å². The van der Waals surface area contributed by atoms with Crippen molar-refractivity contribution in [2.24, 2.45) is 0 Å². The molecule has 1 atom stereocenters. The van der Waals surface area contributed by atoms with Crippen molar-refractivity contribution in [3.63, 3.8) is 0 Å². The zero-order chi connectivity index (χ0) is 15.1. The highest BCUT2D eigenvalue weighted by Crippen LogP contribution is 2.45. The molecule has 0 fully saturated rings. The predicted octanol–water partition coefficient (Wildman–Crippen LogP) is 7.08. The minimum Gasteiger partial charge on any atom is -0.166 e. The number of thiophene rings is 1. The van der Waals surface area contributed by atoms with Crippen LogP contribution in [-0.2, 0) is 6.18 Å². The molecule has 2 rings (SSSR count). The van der Waals surface area contributed by atoms with Gasteiger partial charge in [-0.3, -0.25) is 0 Å². The highest BCUT2D eigenvalue weighted by Gasteiger charge is 2.36. The van der Waals surface area contributed by atoms with Crippen LogP contribution in [0.15, 0.2) is 33.2 Å². The van der Waals surface area contributed by atoms with E-state index in [-0.39, 0.29) is 5.56 Å². The van der Waals surface area contributed by atoms with Gasteiger partial charge in [-0.15, -0.1) is 11.3 Å². The van der Waals surface area contributed by atoms with E-state index in [4.69, 9.17) is 0 Å². The van der Waals surface area contributed by atoms with Crippen molar-refractivity contribution in [1.82, 2.24) is 0 Å². The lowest BCUT2D eigenvalue weighted by atomic mass is 10.0. The first-order valence-electron chi connectivity index (χ1n) is 5.46. The summed E-state index contributed by atoms with van der Waals surface area (Å²) in [6.07, 6.45) is -4.39. The van der Waals surface area contributed by atoms with E-state index >= 15 is 0 Å². The SMILES string of the molecule is Cc1cc(Br)c(C(Br)c2ccc(Br)cc2C(F)(F)F)s1. The molecule has 0 aliphatic rings. The van der Waals surface area contributed by atoms with Gasteiger partial charge in [0.05, 0.1) is 10.4 Å². The fourth-order valence-corrected chi connectivity index (χ4v) is 5.28. The number of rotatable bonds is 2. The molecule has 2 aromatic rings. The van der Waals surface area contributed by atoms with Gasteiger partial charge in [-0.1, -0.05) is 37.9 Å². The Labute approximate surface area is 143 Å². The highest BCUT2D eigenvalue weighted by molar-refractivity contribution is 9.11. The summed E-state index contributed by atoms with van der Waals surface area (Å²) in [5.74, 6) is 0. The van der Waals surface area contributed by atoms with Crippen LogP contribution < -0.4 is 0 Å². The second kappa shape index (κ2) is 6.10. The van der Waals surface area contributed by atoms with Crippen molar-refractivity contribution < 1.29 is 13.2 Å². The lowest BCUT2D eigenvalue weighted by Gasteiger charge is -2.17. The van der Waals surface area contributed by atoms with E-state index in [2.05, 4.69) is 47.8 Å². The van der Waals surface area contributed by atoms with Crippen molar-refractivity contribution in [2.45, 2.75) is 17.9 Å². The Hall–Kier alpha value is 0.150. The standard InChI is InChI=1S/C13H8Br3F3S/c1-6-4-10(15)12(20-6)11(16)8-3-2-7(14)5-9(8)13(17,18)19/h2-5,11H,1H3. The van der Waals surface area contributed by atoms with Crippen LogP contribution in [-0.4, -0.2) is 0 Å². The summed E-state index contributed by atoms with van der Waals surface area (Å²) >= 11 is 11.3. The number of hydrogen-bond acceptors (Lipinski definition) is 1. The Morgan fingerprint density at radius 1 is 1.15 bits per heavy atom. The predicted molar refractivity (Wildman–Crippen MR) is 86.7 cm³/mol. The molecular formula is C13H8Br3F3S. The van der Waals surface area contributed by atoms with Crippen molar-refractivity contribution in [3.8, 4) is 0 Å². The smallest absolute Gasteiger partial charge is 0.166 e. The Balaban J connectivity index is 2.55. The lowest BCUT2D eigenvalue weighted by Crippen LogP contribution is -2.10. The van der Waals surface area contributed by atoms with E-state index < -0.39 is 16.6 Å². The molecular weight excluding hydrogens is 485 g/mol. The summed E-state index contributed by atoms with van der Waals surface area (Å²) in [7, 11) is 0. The quantitative estimate of drug-likeness (QED) is 0.393. The largest absolute Gasteiger partial charge is 0.416 e. The number of hydrogen-bond donors (Lipinski definition) is 0. The zero-order valence-electron chi connectivity index (χ0n) is 10.1. The van der Waals surface area contributed by atoms with Crippen LogP contribution in [0.25, 0.3) is 0 Å². The highest BCUT2D eigenvalue weighted by atomic mass is 79.9. The van der Waals surface area contributed by atoms with E-state index in [0.29, 0.717) is 4.47 Å². The van der Waals surface area contributed by atoms with E-state index in [9.17, 15) is 13.2 Å². The molecule has 0 nitrogen and oxygen atoms in total. The Bertz CT molecular complexity index is 634. The Kier molecular flexibility index (Phi) is 5.04. The third-order valence-electron chi connectivity index (χ3n) is 2.66. The van der Waals surface area contributed by atoms with Crippen LogP contribution >= 0.6 is 59.1 Å². The third-order valence-corrected chi connectivity index (χ3v) is 6.44. The van der Waals surface area contributed by atoms with Gasteiger partial charge in [0.1, 0.15) is 0 Å². The number of benzene rings is 1. The monoisotopic (exact) mass is 490 g/mol. The second-order valence-corrected chi connectivity index (χ2v) is 8.13. The van der Waals surface area contributed by atoms with Gasteiger partial charge in [-0.2, -0.15) is 13.2 Å². The van der Waals surface area contributed by atoms with Gasteiger partial charge in [0.15, 0.2) is 0 Å². The van der Waals surface area contributed by atoms with Gasteiger partial charge < -0.3 is 0 Å². The minimum absolute atomic E-state index is 0.211. The summed E-state index contributed by atoms with van der Waals surface area (Å²) in [5.41, 5.74) is -0.421. The molecule has 20 heavy (non-hydrogen) atoms. The molecule has 1 heterocycles. The molecule has 1 unspecified atom stereocenters. The molecule has 0 radical (unpaired) electrons. The molecule has 0 spiro atoms. The van der Waals surface area contributed by atoms with Crippen LogP contribution in [0.1, 0.15) is 25.7 Å². The van der Waals surface area contributed by atoms with Crippen LogP contribution in [0.4, 0.5) is 13.2 Å². The van der Waals surface area contributed by atoms with Crippen LogP contribution in [0.3, 0.4) is 0 Å². The molecule has 0 saturated carbocycles. The fourth-order valence-electron chi connectivity index (χ4n) is 1.81. The van der Waals surface area contributed by atoms with Gasteiger partial charge in [0, 0.05) is 18.7 Å². The molecule has 0 aliphatic carbocycles. The third kappa shape index (κ3) is 3.48. The van der Waals surface area contributed by atoms with Gasteiger partial charge in [0.2, 0.25) is 0 Å². The molecule has 0 saturated heterocycles. The molecule has 0 N–H and O–H groups in total. The maximum Gasteiger partial charge on any atom is 0.416 e. The molecule has 108 valence electrons. The van der Waals surface area contributed by atoms with Crippen LogP contribution in [0.5, 0.6) is 0 Å². The zero-order valence-corrected chi connectivity index (χ0v) is 15.6. The molecule has 1 aromatic heterocycles. The lowest BCUT2D eigenvalue weighted by molar-refractivity contribution is -0.138. The van der Waals surface area contributed by atoms with E-state index in [1.807, 2.05) is 13.0 Å². The van der Waals surface area contributed by atoms with E-state index in [0.717, 1.165) is 20.3 Å². The van der Waals surface area contributed by atoms with Crippen molar-refractivity contribution in [3.05, 3.63) is 54.1 Å². The molecule has 0 bridgehead atoms. The van der Waals surface area contributed by atoms with Crippen LogP contribution in [0.2, 0.25) is 0 Å². The van der Waals surface area contributed by atoms with Crippen molar-refractivity contribution >= 4 is 59.1 Å². The molecule has 0 amide bonds. The van der Waals surface area contributed by atoms with Gasteiger partial charge >= 0.3 is 6.18 Å². The first kappa shape index (κ1) is 16.5. The maximum atomic E-state index is 13.2.